The first-order valence-corrected chi connectivity index (χ1v) is 10.3. The van der Waals surface area contributed by atoms with Gasteiger partial charge in [-0.2, -0.15) is 5.26 Å². The van der Waals surface area contributed by atoms with Crippen LogP contribution in [0.2, 0.25) is 0 Å². The number of likely N-dealkylation sites (tertiary alicyclic amines) is 1. The SMILES string of the molecule is COC1=CCN(C2CCN(CC(O)c3ccc4c(c3C)COC4=O)CC2)C=C1C#N. The van der Waals surface area contributed by atoms with Crippen molar-refractivity contribution in [2.45, 2.75) is 38.5 Å². The second kappa shape index (κ2) is 8.50. The number of rotatable bonds is 5. The van der Waals surface area contributed by atoms with E-state index in [1.54, 1.807) is 13.2 Å². The van der Waals surface area contributed by atoms with Gasteiger partial charge in [-0.05, 0) is 43.0 Å². The Bertz CT molecular complexity index is 939. The molecular formula is C23H27N3O4. The molecule has 0 spiro atoms. The molecular weight excluding hydrogens is 382 g/mol. The first kappa shape index (κ1) is 20.5. The lowest BCUT2D eigenvalue weighted by atomic mass is 9.94. The Hall–Kier alpha value is -2.82. The molecule has 4 rings (SSSR count). The van der Waals surface area contributed by atoms with E-state index in [4.69, 9.17) is 9.47 Å². The van der Waals surface area contributed by atoms with Gasteiger partial charge in [0.25, 0.3) is 0 Å². The van der Waals surface area contributed by atoms with Gasteiger partial charge in [-0.3, -0.25) is 0 Å². The largest absolute Gasteiger partial charge is 0.496 e. The minimum atomic E-state index is -0.602. The number of aliphatic hydroxyl groups is 1. The quantitative estimate of drug-likeness (QED) is 0.748. The van der Waals surface area contributed by atoms with Gasteiger partial charge in [0.1, 0.15) is 24.0 Å². The number of fused-ring (bicyclic) bond motifs is 1. The van der Waals surface area contributed by atoms with E-state index in [1.165, 1.54) is 0 Å². The Morgan fingerprint density at radius 3 is 2.83 bits per heavy atom. The summed E-state index contributed by atoms with van der Waals surface area (Å²) in [6, 6.07) is 6.19. The molecule has 0 amide bonds. The number of ether oxygens (including phenoxy) is 2. The maximum absolute atomic E-state index is 11.7. The van der Waals surface area contributed by atoms with Crippen molar-refractivity contribution >= 4 is 5.97 Å². The molecule has 1 fully saturated rings. The number of carbonyl (C=O) groups excluding carboxylic acids is 1. The van der Waals surface area contributed by atoms with Crippen LogP contribution in [0.1, 0.15) is 46.0 Å². The Kier molecular flexibility index (Phi) is 5.80. The number of hydrogen-bond acceptors (Lipinski definition) is 7. The zero-order valence-corrected chi connectivity index (χ0v) is 17.4. The number of nitrogens with zero attached hydrogens (tertiary/aromatic N) is 3. The van der Waals surface area contributed by atoms with Crippen LogP contribution in [0.5, 0.6) is 0 Å². The fourth-order valence-electron chi connectivity index (χ4n) is 4.62. The smallest absolute Gasteiger partial charge is 0.338 e. The molecule has 1 N–H and O–H groups in total. The molecule has 7 nitrogen and oxygen atoms in total. The maximum atomic E-state index is 11.7. The van der Waals surface area contributed by atoms with Crippen molar-refractivity contribution in [1.29, 1.82) is 5.26 Å². The van der Waals surface area contributed by atoms with E-state index in [1.807, 2.05) is 25.3 Å². The molecule has 3 heterocycles. The Balaban J connectivity index is 1.35. The van der Waals surface area contributed by atoms with E-state index in [2.05, 4.69) is 15.9 Å². The molecule has 30 heavy (non-hydrogen) atoms. The molecule has 3 aliphatic rings. The highest BCUT2D eigenvalue weighted by Gasteiger charge is 2.29. The fraction of sp³-hybridized carbons (Fsp3) is 0.478. The van der Waals surface area contributed by atoms with Crippen LogP contribution in [-0.4, -0.2) is 60.2 Å². The van der Waals surface area contributed by atoms with Crippen molar-refractivity contribution in [3.05, 3.63) is 58.0 Å². The van der Waals surface area contributed by atoms with Crippen LogP contribution >= 0.6 is 0 Å². The van der Waals surface area contributed by atoms with Gasteiger partial charge in [0.15, 0.2) is 0 Å². The number of allylic oxidation sites excluding steroid dienone is 1. The topological polar surface area (TPSA) is 86.0 Å². The van der Waals surface area contributed by atoms with Crippen LogP contribution in [0.25, 0.3) is 0 Å². The second-order valence-corrected chi connectivity index (χ2v) is 8.05. The summed E-state index contributed by atoms with van der Waals surface area (Å²) >= 11 is 0. The first-order chi connectivity index (χ1) is 14.5. The molecule has 1 unspecified atom stereocenters. The van der Waals surface area contributed by atoms with E-state index in [9.17, 15) is 15.2 Å². The number of cyclic esters (lactones) is 1. The predicted octanol–water partition coefficient (Wildman–Crippen LogP) is 2.42. The van der Waals surface area contributed by atoms with Crippen LogP contribution in [0.3, 0.4) is 0 Å². The molecule has 0 radical (unpaired) electrons. The molecule has 1 aromatic rings. The van der Waals surface area contributed by atoms with E-state index in [0.29, 0.717) is 36.1 Å². The number of β-amino-alcohol motifs (C(OH)–C–C–N with tert-alkyl or cyclic N) is 1. The zero-order chi connectivity index (χ0) is 21.3. The molecule has 1 atom stereocenters. The first-order valence-electron chi connectivity index (χ1n) is 10.3. The molecule has 1 saturated heterocycles. The summed E-state index contributed by atoms with van der Waals surface area (Å²) in [6.45, 7) is 5.33. The monoisotopic (exact) mass is 409 g/mol. The van der Waals surface area contributed by atoms with Crippen molar-refractivity contribution in [2.75, 3.05) is 33.3 Å². The Morgan fingerprint density at radius 1 is 1.37 bits per heavy atom. The van der Waals surface area contributed by atoms with Gasteiger partial charge in [-0.15, -0.1) is 0 Å². The number of aliphatic hydroxyl groups excluding tert-OH is 1. The van der Waals surface area contributed by atoms with Crippen molar-refractivity contribution in [1.82, 2.24) is 9.80 Å². The van der Waals surface area contributed by atoms with Crippen molar-refractivity contribution < 1.29 is 19.4 Å². The number of piperidine rings is 1. The molecule has 3 aliphatic heterocycles. The number of nitriles is 1. The average molecular weight is 409 g/mol. The van der Waals surface area contributed by atoms with Gasteiger partial charge in [0, 0.05) is 44.0 Å². The third-order valence-electron chi connectivity index (χ3n) is 6.41. The normalized spacial score (nSPS) is 20.7. The number of methoxy groups -OCH3 is 1. The summed E-state index contributed by atoms with van der Waals surface area (Å²) in [7, 11) is 1.59. The fourth-order valence-corrected chi connectivity index (χ4v) is 4.62. The van der Waals surface area contributed by atoms with Crippen molar-refractivity contribution in [2.24, 2.45) is 0 Å². The lowest BCUT2D eigenvalue weighted by Gasteiger charge is -2.39. The number of benzene rings is 1. The van der Waals surface area contributed by atoms with E-state index >= 15 is 0 Å². The van der Waals surface area contributed by atoms with Crippen LogP contribution in [0, 0.1) is 18.3 Å². The van der Waals surface area contributed by atoms with Gasteiger partial charge >= 0.3 is 5.97 Å². The summed E-state index contributed by atoms with van der Waals surface area (Å²) in [4.78, 5) is 16.2. The van der Waals surface area contributed by atoms with Crippen LogP contribution in [0.15, 0.2) is 35.7 Å². The highest BCUT2D eigenvalue weighted by atomic mass is 16.5. The van der Waals surface area contributed by atoms with E-state index in [0.717, 1.165) is 49.2 Å². The highest BCUT2D eigenvalue weighted by Crippen LogP contribution is 2.30. The minimum absolute atomic E-state index is 0.282. The second-order valence-electron chi connectivity index (χ2n) is 8.05. The molecule has 0 aliphatic carbocycles. The van der Waals surface area contributed by atoms with Crippen LogP contribution in [-0.2, 0) is 16.1 Å². The van der Waals surface area contributed by atoms with Crippen molar-refractivity contribution in [3.8, 4) is 6.07 Å². The van der Waals surface area contributed by atoms with Gasteiger partial charge in [0.05, 0.1) is 18.8 Å². The van der Waals surface area contributed by atoms with Crippen LogP contribution in [0.4, 0.5) is 0 Å². The lowest BCUT2D eigenvalue weighted by Crippen LogP contribution is -2.44. The lowest BCUT2D eigenvalue weighted by molar-refractivity contribution is 0.0535. The van der Waals surface area contributed by atoms with E-state index in [-0.39, 0.29) is 5.97 Å². The Morgan fingerprint density at radius 2 is 2.13 bits per heavy atom. The molecule has 0 bridgehead atoms. The van der Waals surface area contributed by atoms with Crippen molar-refractivity contribution in [3.63, 3.8) is 0 Å². The summed E-state index contributed by atoms with van der Waals surface area (Å²) in [6.07, 6.45) is 5.22. The zero-order valence-electron chi connectivity index (χ0n) is 17.4. The van der Waals surface area contributed by atoms with Gasteiger partial charge in [-0.1, -0.05) is 6.07 Å². The maximum Gasteiger partial charge on any atom is 0.338 e. The summed E-state index contributed by atoms with van der Waals surface area (Å²) in [5.74, 6) is 0.362. The van der Waals surface area contributed by atoms with Crippen LogP contribution < -0.4 is 0 Å². The third kappa shape index (κ3) is 3.81. The molecule has 0 aromatic heterocycles. The number of esters is 1. The van der Waals surface area contributed by atoms with E-state index < -0.39 is 6.10 Å². The average Bonchev–Trinajstić information content (AvgIpc) is 3.15. The predicted molar refractivity (Wildman–Crippen MR) is 110 cm³/mol. The molecule has 0 saturated carbocycles. The third-order valence-corrected chi connectivity index (χ3v) is 6.41. The highest BCUT2D eigenvalue weighted by molar-refractivity contribution is 5.93. The van der Waals surface area contributed by atoms with Gasteiger partial charge < -0.3 is 24.4 Å². The molecule has 7 heteroatoms. The van der Waals surface area contributed by atoms with Gasteiger partial charge in [0.2, 0.25) is 0 Å². The molecule has 158 valence electrons. The van der Waals surface area contributed by atoms with Gasteiger partial charge in [-0.25, -0.2) is 4.79 Å². The minimum Gasteiger partial charge on any atom is -0.496 e. The number of hydrogen-bond donors (Lipinski definition) is 1. The number of carbonyl (C=O) groups is 1. The summed E-state index contributed by atoms with van der Waals surface area (Å²) in [5, 5.41) is 20.2. The molecule has 1 aromatic carbocycles. The summed E-state index contributed by atoms with van der Waals surface area (Å²) in [5.41, 5.74) is 3.88. The Labute approximate surface area is 176 Å². The standard InChI is InChI=1S/C23H27N3O4/c1-15-18(3-4-19-20(15)14-30-23(19)28)21(27)13-25-8-5-17(6-9-25)26-10-7-22(29-2)16(11-24)12-26/h3-4,7,12,17,21,27H,5-6,8-10,13-14H2,1-2H3. The summed E-state index contributed by atoms with van der Waals surface area (Å²) < 4.78 is 10.4.